The third-order valence-corrected chi connectivity index (χ3v) is 3.07. The van der Waals surface area contributed by atoms with Crippen LogP contribution in [0.3, 0.4) is 0 Å². The van der Waals surface area contributed by atoms with Crippen LogP contribution in [0.5, 0.6) is 0 Å². The molecule has 0 aromatic heterocycles. The fourth-order valence-corrected chi connectivity index (χ4v) is 1.83. The lowest BCUT2D eigenvalue weighted by molar-refractivity contribution is -0.119. The van der Waals surface area contributed by atoms with Gasteiger partial charge in [-0.2, -0.15) is 0 Å². The number of rotatable bonds is 5. The summed E-state index contributed by atoms with van der Waals surface area (Å²) in [5, 5.41) is 5.51. The van der Waals surface area contributed by atoms with Crippen LogP contribution in [0.25, 0.3) is 0 Å². The van der Waals surface area contributed by atoms with Crippen LogP contribution in [0.15, 0.2) is 42.5 Å². The molecule has 0 aliphatic heterocycles. The first-order chi connectivity index (χ1) is 10.0. The predicted molar refractivity (Wildman–Crippen MR) is 78.1 cm³/mol. The van der Waals surface area contributed by atoms with Gasteiger partial charge in [-0.05, 0) is 35.9 Å². The number of amides is 1. The van der Waals surface area contributed by atoms with Gasteiger partial charge in [0.25, 0.3) is 0 Å². The monoisotopic (exact) mass is 310 g/mol. The van der Waals surface area contributed by atoms with E-state index in [2.05, 4.69) is 10.6 Å². The van der Waals surface area contributed by atoms with Crippen molar-refractivity contribution in [3.8, 4) is 0 Å². The molecule has 2 N–H and O–H groups in total. The third kappa shape index (κ3) is 4.72. The fraction of sp³-hybridized carbons (Fsp3) is 0.133. The van der Waals surface area contributed by atoms with Gasteiger partial charge in [-0.25, -0.2) is 8.78 Å². The Labute approximate surface area is 125 Å². The number of nitrogens with one attached hydrogen (secondary N) is 2. The Hall–Kier alpha value is -2.14. The third-order valence-electron chi connectivity index (χ3n) is 2.78. The molecule has 0 aliphatic rings. The number of hydrogen-bond donors (Lipinski definition) is 2. The highest BCUT2D eigenvalue weighted by Gasteiger charge is 2.04. The number of halogens is 3. The molecule has 0 aliphatic carbocycles. The van der Waals surface area contributed by atoms with Gasteiger partial charge >= 0.3 is 0 Å². The maximum atomic E-state index is 13.0. The standard InChI is InChI=1S/C15H13ClF2N2O/c16-13-7-12(5-6-14(13)18)19-9-15(21)20-8-10-1-3-11(17)4-2-10/h1-7,19H,8-9H2,(H,20,21). The minimum Gasteiger partial charge on any atom is -0.376 e. The van der Waals surface area contributed by atoms with Gasteiger partial charge in [0.2, 0.25) is 5.91 Å². The largest absolute Gasteiger partial charge is 0.376 e. The van der Waals surface area contributed by atoms with Crippen LogP contribution < -0.4 is 10.6 Å². The van der Waals surface area contributed by atoms with E-state index in [0.29, 0.717) is 12.2 Å². The van der Waals surface area contributed by atoms with Crippen molar-refractivity contribution in [3.05, 3.63) is 64.7 Å². The summed E-state index contributed by atoms with van der Waals surface area (Å²) in [6.07, 6.45) is 0. The molecular weight excluding hydrogens is 298 g/mol. The van der Waals surface area contributed by atoms with Gasteiger partial charge in [0.15, 0.2) is 0 Å². The van der Waals surface area contributed by atoms with Crippen molar-refractivity contribution < 1.29 is 13.6 Å². The maximum absolute atomic E-state index is 13.0. The van der Waals surface area contributed by atoms with Gasteiger partial charge in [0.1, 0.15) is 11.6 Å². The zero-order valence-corrected chi connectivity index (χ0v) is 11.8. The van der Waals surface area contributed by atoms with Crippen LogP contribution >= 0.6 is 11.6 Å². The lowest BCUT2D eigenvalue weighted by Gasteiger charge is -2.08. The molecule has 0 spiro atoms. The Morgan fingerprint density at radius 3 is 2.48 bits per heavy atom. The molecule has 0 atom stereocenters. The summed E-state index contributed by atoms with van der Waals surface area (Å²) in [6, 6.07) is 9.99. The van der Waals surface area contributed by atoms with Gasteiger partial charge in [-0.3, -0.25) is 4.79 Å². The van der Waals surface area contributed by atoms with Crippen molar-refractivity contribution in [1.29, 1.82) is 0 Å². The second kappa shape index (κ2) is 7.04. The van der Waals surface area contributed by atoms with E-state index in [1.54, 1.807) is 12.1 Å². The Morgan fingerprint density at radius 2 is 1.81 bits per heavy atom. The van der Waals surface area contributed by atoms with E-state index >= 15 is 0 Å². The van der Waals surface area contributed by atoms with Crippen LogP contribution in [0, 0.1) is 11.6 Å². The first-order valence-electron chi connectivity index (χ1n) is 6.24. The SMILES string of the molecule is O=C(CNc1ccc(F)c(Cl)c1)NCc1ccc(F)cc1. The number of benzene rings is 2. The molecule has 0 fully saturated rings. The lowest BCUT2D eigenvalue weighted by atomic mass is 10.2. The first-order valence-corrected chi connectivity index (χ1v) is 6.62. The van der Waals surface area contributed by atoms with Crippen LogP contribution in [-0.2, 0) is 11.3 Å². The molecule has 2 aromatic carbocycles. The minimum atomic E-state index is -0.511. The zero-order chi connectivity index (χ0) is 15.2. The van der Waals surface area contributed by atoms with Crippen LogP contribution in [-0.4, -0.2) is 12.5 Å². The topological polar surface area (TPSA) is 41.1 Å². The Bertz CT molecular complexity index is 632. The smallest absolute Gasteiger partial charge is 0.239 e. The van der Waals surface area contributed by atoms with Crippen molar-refractivity contribution in [3.63, 3.8) is 0 Å². The van der Waals surface area contributed by atoms with E-state index in [0.717, 1.165) is 5.56 Å². The summed E-state index contributed by atoms with van der Waals surface area (Å²) in [4.78, 5) is 11.7. The molecule has 0 heterocycles. The zero-order valence-electron chi connectivity index (χ0n) is 11.0. The second-order valence-electron chi connectivity index (χ2n) is 4.39. The number of hydrogen-bond acceptors (Lipinski definition) is 2. The van der Waals surface area contributed by atoms with Gasteiger partial charge in [0.05, 0.1) is 11.6 Å². The van der Waals surface area contributed by atoms with E-state index in [9.17, 15) is 13.6 Å². The van der Waals surface area contributed by atoms with Gasteiger partial charge in [0, 0.05) is 12.2 Å². The average Bonchev–Trinajstić information content (AvgIpc) is 2.48. The average molecular weight is 311 g/mol. The number of carbonyl (C=O) groups is 1. The molecule has 110 valence electrons. The maximum Gasteiger partial charge on any atom is 0.239 e. The lowest BCUT2D eigenvalue weighted by Crippen LogP contribution is -2.29. The molecule has 0 bridgehead atoms. The fourth-order valence-electron chi connectivity index (χ4n) is 1.65. The minimum absolute atomic E-state index is 0.00767. The van der Waals surface area contributed by atoms with Crippen LogP contribution in [0.4, 0.5) is 14.5 Å². The van der Waals surface area contributed by atoms with Crippen LogP contribution in [0.1, 0.15) is 5.56 Å². The first kappa shape index (κ1) is 15.3. The number of anilines is 1. The summed E-state index contributed by atoms with van der Waals surface area (Å²) in [6.45, 7) is 0.341. The molecule has 6 heteroatoms. The summed E-state index contributed by atoms with van der Waals surface area (Å²) in [5.74, 6) is -1.07. The molecule has 0 saturated heterocycles. The van der Waals surface area contributed by atoms with E-state index < -0.39 is 5.82 Å². The van der Waals surface area contributed by atoms with Crippen molar-refractivity contribution in [1.82, 2.24) is 5.32 Å². The van der Waals surface area contributed by atoms with Gasteiger partial charge in [-0.15, -0.1) is 0 Å². The van der Waals surface area contributed by atoms with Crippen molar-refractivity contribution in [2.75, 3.05) is 11.9 Å². The van der Waals surface area contributed by atoms with E-state index in [4.69, 9.17) is 11.6 Å². The Kier molecular flexibility index (Phi) is 5.11. The predicted octanol–water partition coefficient (Wildman–Crippen LogP) is 3.35. The van der Waals surface area contributed by atoms with E-state index in [1.807, 2.05) is 0 Å². The van der Waals surface area contributed by atoms with Gasteiger partial charge in [-0.1, -0.05) is 23.7 Å². The molecule has 2 rings (SSSR count). The van der Waals surface area contributed by atoms with Crippen molar-refractivity contribution in [2.45, 2.75) is 6.54 Å². The molecular formula is C15H13ClF2N2O. The Balaban J connectivity index is 1.79. The molecule has 3 nitrogen and oxygen atoms in total. The van der Waals surface area contributed by atoms with Gasteiger partial charge < -0.3 is 10.6 Å². The molecule has 21 heavy (non-hydrogen) atoms. The van der Waals surface area contributed by atoms with Crippen molar-refractivity contribution in [2.24, 2.45) is 0 Å². The van der Waals surface area contributed by atoms with E-state index in [1.165, 1.54) is 30.3 Å². The molecule has 0 radical (unpaired) electrons. The summed E-state index contributed by atoms with van der Waals surface area (Å²) < 4.78 is 25.7. The highest BCUT2D eigenvalue weighted by Crippen LogP contribution is 2.18. The number of carbonyl (C=O) groups excluding carboxylic acids is 1. The molecule has 0 saturated carbocycles. The molecule has 1 amide bonds. The van der Waals surface area contributed by atoms with E-state index in [-0.39, 0.29) is 23.3 Å². The molecule has 2 aromatic rings. The quantitative estimate of drug-likeness (QED) is 0.889. The second-order valence-corrected chi connectivity index (χ2v) is 4.79. The summed E-state index contributed by atoms with van der Waals surface area (Å²) >= 11 is 5.64. The van der Waals surface area contributed by atoms with Crippen molar-refractivity contribution >= 4 is 23.2 Å². The highest BCUT2D eigenvalue weighted by molar-refractivity contribution is 6.31. The summed E-state index contributed by atoms with van der Waals surface area (Å²) in [7, 11) is 0. The Morgan fingerprint density at radius 1 is 1.10 bits per heavy atom. The van der Waals surface area contributed by atoms with Crippen LogP contribution in [0.2, 0.25) is 5.02 Å². The highest BCUT2D eigenvalue weighted by atomic mass is 35.5. The normalized spacial score (nSPS) is 10.2. The molecule has 0 unspecified atom stereocenters. The summed E-state index contributed by atoms with van der Waals surface area (Å²) in [5.41, 5.74) is 1.35.